The Hall–Kier alpha value is -1.75. The highest BCUT2D eigenvalue weighted by atomic mass is 35.5. The van der Waals surface area contributed by atoms with E-state index in [0.717, 1.165) is 11.1 Å². The molecule has 2 rings (SSSR count). The lowest BCUT2D eigenvalue weighted by Crippen LogP contribution is -2.40. The Morgan fingerprint density at radius 1 is 1.32 bits per heavy atom. The molecule has 0 atom stereocenters. The molecule has 0 aliphatic carbocycles. The SMILES string of the molecule is CC(C)(C)OC(=O)N1CCc2c(cccc2C(=O)OCCl)C1. The molecule has 6 heteroatoms. The molecule has 0 N–H and O–H groups in total. The maximum Gasteiger partial charge on any atom is 0.410 e. The summed E-state index contributed by atoms with van der Waals surface area (Å²) in [5.41, 5.74) is 1.84. The van der Waals surface area contributed by atoms with E-state index in [0.29, 0.717) is 25.1 Å². The average molecular weight is 326 g/mol. The number of carbonyl (C=O) groups excluding carboxylic acids is 2. The van der Waals surface area contributed by atoms with Crippen LogP contribution in [0.1, 0.15) is 42.3 Å². The number of hydrogen-bond acceptors (Lipinski definition) is 4. The molecule has 0 aromatic heterocycles. The number of amides is 1. The first-order valence-corrected chi connectivity index (χ1v) is 7.67. The van der Waals surface area contributed by atoms with E-state index in [4.69, 9.17) is 21.1 Å². The summed E-state index contributed by atoms with van der Waals surface area (Å²) in [5, 5.41) is 0. The zero-order chi connectivity index (χ0) is 16.3. The van der Waals surface area contributed by atoms with Crippen LogP contribution in [0.4, 0.5) is 4.79 Å². The van der Waals surface area contributed by atoms with Gasteiger partial charge in [-0.3, -0.25) is 0 Å². The maximum absolute atomic E-state index is 12.1. The summed E-state index contributed by atoms with van der Waals surface area (Å²) in [5.74, 6) is -0.433. The van der Waals surface area contributed by atoms with Crippen molar-refractivity contribution in [1.82, 2.24) is 4.90 Å². The minimum absolute atomic E-state index is 0.174. The Bertz CT molecular complexity index is 580. The first-order chi connectivity index (χ1) is 10.3. The zero-order valence-electron chi connectivity index (χ0n) is 13.0. The van der Waals surface area contributed by atoms with Gasteiger partial charge in [-0.1, -0.05) is 23.7 Å². The fourth-order valence-electron chi connectivity index (χ4n) is 2.41. The van der Waals surface area contributed by atoms with Gasteiger partial charge in [0.25, 0.3) is 0 Å². The largest absolute Gasteiger partial charge is 0.446 e. The minimum atomic E-state index is -0.524. The zero-order valence-corrected chi connectivity index (χ0v) is 13.8. The van der Waals surface area contributed by atoms with Crippen LogP contribution >= 0.6 is 11.6 Å². The molecule has 5 nitrogen and oxygen atoms in total. The summed E-state index contributed by atoms with van der Waals surface area (Å²) in [6.45, 7) is 6.44. The Kier molecular flexibility index (Phi) is 4.96. The Morgan fingerprint density at radius 2 is 2.05 bits per heavy atom. The number of fused-ring (bicyclic) bond motifs is 1. The second-order valence-corrected chi connectivity index (χ2v) is 6.35. The third-order valence-corrected chi connectivity index (χ3v) is 3.43. The van der Waals surface area contributed by atoms with Crippen LogP contribution in [0.15, 0.2) is 18.2 Å². The van der Waals surface area contributed by atoms with Crippen LogP contribution < -0.4 is 0 Å². The summed E-state index contributed by atoms with van der Waals surface area (Å²) in [6, 6.07) is 5.23. The second kappa shape index (κ2) is 6.57. The fraction of sp³-hybridized carbons (Fsp3) is 0.500. The minimum Gasteiger partial charge on any atom is -0.446 e. The van der Waals surface area contributed by atoms with Crippen molar-refractivity contribution in [2.45, 2.75) is 39.3 Å². The maximum atomic E-state index is 12.1. The number of ether oxygens (including phenoxy) is 2. The van der Waals surface area contributed by atoms with E-state index in [1.54, 1.807) is 17.0 Å². The number of benzene rings is 1. The molecule has 0 radical (unpaired) electrons. The lowest BCUT2D eigenvalue weighted by molar-refractivity contribution is 0.0224. The lowest BCUT2D eigenvalue weighted by Gasteiger charge is -2.31. The number of hydrogen-bond donors (Lipinski definition) is 0. The fourth-order valence-corrected chi connectivity index (χ4v) is 2.51. The predicted molar refractivity (Wildman–Crippen MR) is 82.9 cm³/mol. The van der Waals surface area contributed by atoms with E-state index in [2.05, 4.69) is 0 Å². The van der Waals surface area contributed by atoms with Gasteiger partial charge in [-0.2, -0.15) is 0 Å². The highest BCUT2D eigenvalue weighted by molar-refractivity contribution is 6.17. The van der Waals surface area contributed by atoms with Gasteiger partial charge in [0.2, 0.25) is 0 Å². The third-order valence-electron chi connectivity index (χ3n) is 3.32. The van der Waals surface area contributed by atoms with Crippen LogP contribution in [-0.4, -0.2) is 35.2 Å². The monoisotopic (exact) mass is 325 g/mol. The van der Waals surface area contributed by atoms with Crippen molar-refractivity contribution in [2.75, 3.05) is 12.6 Å². The quantitative estimate of drug-likeness (QED) is 0.618. The van der Waals surface area contributed by atoms with Gasteiger partial charge < -0.3 is 14.4 Å². The molecule has 0 saturated carbocycles. The number of halogens is 1. The number of alkyl halides is 1. The van der Waals surface area contributed by atoms with Crippen molar-refractivity contribution in [1.29, 1.82) is 0 Å². The van der Waals surface area contributed by atoms with Crippen molar-refractivity contribution in [3.05, 3.63) is 34.9 Å². The molecular weight excluding hydrogens is 306 g/mol. The molecule has 1 aliphatic rings. The lowest BCUT2D eigenvalue weighted by atomic mass is 9.94. The number of rotatable bonds is 2. The van der Waals surface area contributed by atoms with Crippen LogP contribution in [0.2, 0.25) is 0 Å². The molecule has 1 aliphatic heterocycles. The van der Waals surface area contributed by atoms with Crippen molar-refractivity contribution in [2.24, 2.45) is 0 Å². The molecule has 0 spiro atoms. The molecule has 0 unspecified atom stereocenters. The van der Waals surface area contributed by atoms with Crippen LogP contribution in [0.5, 0.6) is 0 Å². The van der Waals surface area contributed by atoms with Gasteiger partial charge in [0.05, 0.1) is 5.56 Å². The van der Waals surface area contributed by atoms with E-state index < -0.39 is 11.6 Å². The molecule has 0 bridgehead atoms. The molecule has 22 heavy (non-hydrogen) atoms. The summed E-state index contributed by atoms with van der Waals surface area (Å²) in [4.78, 5) is 25.7. The molecule has 1 aromatic carbocycles. The topological polar surface area (TPSA) is 55.8 Å². The molecular formula is C16H20ClNO4. The van der Waals surface area contributed by atoms with Gasteiger partial charge in [-0.05, 0) is 44.4 Å². The number of carbonyl (C=O) groups is 2. The predicted octanol–water partition coefficient (Wildman–Crippen LogP) is 3.33. The van der Waals surface area contributed by atoms with Crippen molar-refractivity contribution >= 4 is 23.7 Å². The smallest absolute Gasteiger partial charge is 0.410 e. The van der Waals surface area contributed by atoms with Crippen molar-refractivity contribution in [3.8, 4) is 0 Å². The molecule has 1 aromatic rings. The Morgan fingerprint density at radius 3 is 2.68 bits per heavy atom. The van der Waals surface area contributed by atoms with E-state index in [1.165, 1.54) is 0 Å². The third kappa shape index (κ3) is 3.91. The first kappa shape index (κ1) is 16.6. The van der Waals surface area contributed by atoms with Gasteiger partial charge in [0, 0.05) is 13.1 Å². The van der Waals surface area contributed by atoms with Gasteiger partial charge in [0.1, 0.15) is 5.60 Å². The summed E-state index contributed by atoms with van der Waals surface area (Å²) in [7, 11) is 0. The summed E-state index contributed by atoms with van der Waals surface area (Å²) < 4.78 is 10.2. The van der Waals surface area contributed by atoms with Crippen molar-refractivity contribution in [3.63, 3.8) is 0 Å². The van der Waals surface area contributed by atoms with Crippen molar-refractivity contribution < 1.29 is 19.1 Å². The van der Waals surface area contributed by atoms with Crippen LogP contribution in [-0.2, 0) is 22.4 Å². The highest BCUT2D eigenvalue weighted by Gasteiger charge is 2.27. The van der Waals surface area contributed by atoms with Crippen LogP contribution in [0.25, 0.3) is 0 Å². The summed E-state index contributed by atoms with van der Waals surface area (Å²) >= 11 is 5.44. The van der Waals surface area contributed by atoms with Gasteiger partial charge in [-0.25, -0.2) is 9.59 Å². The standard InChI is InChI=1S/C16H20ClNO4/c1-16(2,3)22-15(20)18-8-7-12-11(9-18)5-4-6-13(12)14(19)21-10-17/h4-6H,7-10H2,1-3H3. The summed E-state index contributed by atoms with van der Waals surface area (Å²) in [6.07, 6.45) is 0.245. The molecule has 120 valence electrons. The highest BCUT2D eigenvalue weighted by Crippen LogP contribution is 2.24. The Labute approximate surface area is 135 Å². The Balaban J connectivity index is 2.17. The first-order valence-electron chi connectivity index (χ1n) is 7.13. The normalized spacial score (nSPS) is 14.3. The average Bonchev–Trinajstić information content (AvgIpc) is 2.44. The number of nitrogens with zero attached hydrogens (tertiary/aromatic N) is 1. The van der Waals surface area contributed by atoms with E-state index >= 15 is 0 Å². The van der Waals surface area contributed by atoms with E-state index in [-0.39, 0.29) is 12.2 Å². The molecule has 1 amide bonds. The van der Waals surface area contributed by atoms with Gasteiger partial charge >= 0.3 is 12.1 Å². The molecule has 0 fully saturated rings. The number of esters is 1. The second-order valence-electron chi connectivity index (χ2n) is 6.14. The van der Waals surface area contributed by atoms with Crippen LogP contribution in [0, 0.1) is 0 Å². The molecule has 0 saturated heterocycles. The van der Waals surface area contributed by atoms with E-state index in [9.17, 15) is 9.59 Å². The van der Waals surface area contributed by atoms with Gasteiger partial charge in [0.15, 0.2) is 6.07 Å². The van der Waals surface area contributed by atoms with Gasteiger partial charge in [-0.15, -0.1) is 0 Å². The van der Waals surface area contributed by atoms with E-state index in [1.807, 2.05) is 26.8 Å². The van der Waals surface area contributed by atoms with Crippen LogP contribution in [0.3, 0.4) is 0 Å². The molecule has 1 heterocycles.